The predicted octanol–water partition coefficient (Wildman–Crippen LogP) is 4.66. The largest absolute Gasteiger partial charge is 0.451 e. The van der Waals surface area contributed by atoms with Crippen LogP contribution in [-0.4, -0.2) is 4.99 Å². The maximum atomic E-state index is 13.9. The van der Waals surface area contributed by atoms with Crippen LogP contribution in [0.15, 0.2) is 24.3 Å². The third-order valence-electron chi connectivity index (χ3n) is 2.91. The molecular formula is C15H12ClF2NOS. The molecule has 0 aliphatic rings. The lowest BCUT2D eigenvalue weighted by atomic mass is 10.1. The highest BCUT2D eigenvalue weighted by Gasteiger charge is 2.15. The molecule has 0 heterocycles. The Hall–Kier alpha value is -1.72. The minimum atomic E-state index is -0.872. The van der Waals surface area contributed by atoms with Crippen LogP contribution in [0.4, 0.5) is 8.78 Å². The minimum absolute atomic E-state index is 0.0856. The van der Waals surface area contributed by atoms with Crippen molar-refractivity contribution >= 4 is 28.8 Å². The summed E-state index contributed by atoms with van der Waals surface area (Å²) in [6.07, 6.45) is 0. The number of aryl methyl sites for hydroxylation is 2. The molecule has 2 nitrogen and oxygen atoms in total. The Morgan fingerprint density at radius 2 is 1.57 bits per heavy atom. The molecule has 0 radical (unpaired) electrons. The first-order valence-electron chi connectivity index (χ1n) is 6.03. The number of benzene rings is 2. The first-order valence-corrected chi connectivity index (χ1v) is 6.81. The molecule has 0 saturated carbocycles. The van der Waals surface area contributed by atoms with E-state index in [0.717, 1.165) is 23.3 Å². The van der Waals surface area contributed by atoms with Crippen molar-refractivity contribution in [3.05, 3.63) is 57.6 Å². The Bertz CT molecular complexity index is 688. The van der Waals surface area contributed by atoms with Crippen LogP contribution in [-0.2, 0) is 0 Å². The van der Waals surface area contributed by atoms with E-state index in [1.165, 1.54) is 0 Å². The van der Waals surface area contributed by atoms with Crippen LogP contribution in [0.5, 0.6) is 11.5 Å². The fraction of sp³-hybridized carbons (Fsp3) is 0.133. The summed E-state index contributed by atoms with van der Waals surface area (Å²) in [5.41, 5.74) is 6.97. The first-order chi connectivity index (χ1) is 9.79. The van der Waals surface area contributed by atoms with E-state index in [9.17, 15) is 8.78 Å². The van der Waals surface area contributed by atoms with Crippen molar-refractivity contribution in [3.63, 3.8) is 0 Å². The molecule has 0 fully saturated rings. The maximum Gasteiger partial charge on any atom is 0.198 e. The van der Waals surface area contributed by atoms with E-state index in [4.69, 9.17) is 34.3 Å². The number of hydrogen-bond acceptors (Lipinski definition) is 2. The van der Waals surface area contributed by atoms with Crippen LogP contribution >= 0.6 is 23.8 Å². The number of ether oxygens (including phenoxy) is 1. The molecule has 2 rings (SSSR count). The molecule has 0 spiro atoms. The molecule has 6 heteroatoms. The van der Waals surface area contributed by atoms with Crippen LogP contribution in [0.1, 0.15) is 16.7 Å². The fourth-order valence-electron chi connectivity index (χ4n) is 1.88. The Kier molecular flexibility index (Phi) is 4.44. The lowest BCUT2D eigenvalue weighted by molar-refractivity contribution is 0.407. The van der Waals surface area contributed by atoms with Crippen LogP contribution in [0.2, 0.25) is 5.02 Å². The van der Waals surface area contributed by atoms with Gasteiger partial charge in [-0.05, 0) is 49.2 Å². The van der Waals surface area contributed by atoms with Crippen LogP contribution in [0.3, 0.4) is 0 Å². The summed E-state index contributed by atoms with van der Waals surface area (Å²) in [4.78, 5) is -0.0856. The fourth-order valence-corrected chi connectivity index (χ4v) is 2.11. The summed E-state index contributed by atoms with van der Waals surface area (Å²) in [6, 6.07) is 5.29. The van der Waals surface area contributed by atoms with Crippen LogP contribution < -0.4 is 10.5 Å². The summed E-state index contributed by atoms with van der Waals surface area (Å²) in [7, 11) is 0. The molecule has 0 bridgehead atoms. The Labute approximate surface area is 131 Å². The van der Waals surface area contributed by atoms with Gasteiger partial charge in [0.05, 0.1) is 0 Å². The molecule has 110 valence electrons. The second-order valence-corrected chi connectivity index (χ2v) is 5.42. The number of rotatable bonds is 3. The SMILES string of the molecule is Cc1cc(Oc2c(F)cc(C(N)=S)cc2F)cc(C)c1Cl. The van der Waals surface area contributed by atoms with Gasteiger partial charge in [-0.1, -0.05) is 23.8 Å². The molecule has 0 aromatic heterocycles. The highest BCUT2D eigenvalue weighted by atomic mass is 35.5. The smallest absolute Gasteiger partial charge is 0.198 e. The van der Waals surface area contributed by atoms with E-state index >= 15 is 0 Å². The standard InChI is InChI=1S/C15H12ClF2NOS/c1-7-3-10(4-8(2)13(7)16)20-14-11(17)5-9(15(19)21)6-12(14)18/h3-6H,1-2H3,(H2,19,21). The van der Waals surface area contributed by atoms with Crippen molar-refractivity contribution in [2.45, 2.75) is 13.8 Å². The molecule has 2 N–H and O–H groups in total. The Morgan fingerprint density at radius 1 is 1.10 bits per heavy atom. The molecule has 21 heavy (non-hydrogen) atoms. The van der Waals surface area contributed by atoms with Gasteiger partial charge in [0, 0.05) is 10.6 Å². The van der Waals surface area contributed by atoms with Crippen LogP contribution in [0, 0.1) is 25.5 Å². The van der Waals surface area contributed by atoms with Gasteiger partial charge in [-0.25, -0.2) is 8.78 Å². The van der Waals surface area contributed by atoms with E-state index in [1.807, 2.05) is 0 Å². The molecule has 0 aliphatic heterocycles. The quantitative estimate of drug-likeness (QED) is 0.833. The summed E-state index contributed by atoms with van der Waals surface area (Å²) >= 11 is 10.7. The van der Waals surface area contributed by atoms with Gasteiger partial charge in [-0.3, -0.25) is 0 Å². The van der Waals surface area contributed by atoms with E-state index in [0.29, 0.717) is 10.8 Å². The molecular weight excluding hydrogens is 316 g/mol. The van der Waals surface area contributed by atoms with Crippen molar-refractivity contribution in [2.75, 3.05) is 0 Å². The first kappa shape index (κ1) is 15.7. The molecule has 0 aliphatic carbocycles. The summed E-state index contributed by atoms with van der Waals surface area (Å²) in [5.74, 6) is -1.95. The molecule has 2 aromatic carbocycles. The van der Waals surface area contributed by atoms with Gasteiger partial charge >= 0.3 is 0 Å². The third-order valence-corrected chi connectivity index (χ3v) is 3.74. The van der Waals surface area contributed by atoms with Crippen molar-refractivity contribution in [1.29, 1.82) is 0 Å². The van der Waals surface area contributed by atoms with Crippen LogP contribution in [0.25, 0.3) is 0 Å². The van der Waals surface area contributed by atoms with Gasteiger partial charge in [0.25, 0.3) is 0 Å². The summed E-state index contributed by atoms with van der Waals surface area (Å²) in [5, 5.41) is 0.590. The highest BCUT2D eigenvalue weighted by Crippen LogP contribution is 2.32. The van der Waals surface area contributed by atoms with Gasteiger partial charge in [0.15, 0.2) is 17.4 Å². The molecule has 0 unspecified atom stereocenters. The second kappa shape index (κ2) is 5.95. The zero-order valence-corrected chi connectivity index (χ0v) is 12.9. The Morgan fingerprint density at radius 3 is 2.00 bits per heavy atom. The number of hydrogen-bond donors (Lipinski definition) is 1. The predicted molar refractivity (Wildman–Crippen MR) is 83.2 cm³/mol. The summed E-state index contributed by atoms with van der Waals surface area (Å²) < 4.78 is 33.2. The highest BCUT2D eigenvalue weighted by molar-refractivity contribution is 7.80. The van der Waals surface area contributed by atoms with Crippen molar-refractivity contribution in [1.82, 2.24) is 0 Å². The summed E-state index contributed by atoms with van der Waals surface area (Å²) in [6.45, 7) is 3.57. The Balaban J connectivity index is 2.43. The minimum Gasteiger partial charge on any atom is -0.451 e. The average Bonchev–Trinajstić information content (AvgIpc) is 2.39. The average molecular weight is 328 g/mol. The molecule has 0 atom stereocenters. The zero-order chi connectivity index (χ0) is 15.7. The number of nitrogens with two attached hydrogens (primary N) is 1. The lowest BCUT2D eigenvalue weighted by Gasteiger charge is -2.12. The lowest BCUT2D eigenvalue weighted by Crippen LogP contribution is -2.10. The van der Waals surface area contributed by atoms with E-state index in [1.54, 1.807) is 26.0 Å². The maximum absolute atomic E-state index is 13.9. The van der Waals surface area contributed by atoms with Gasteiger partial charge in [0.1, 0.15) is 10.7 Å². The van der Waals surface area contributed by atoms with Gasteiger partial charge in [-0.2, -0.15) is 0 Å². The third kappa shape index (κ3) is 3.31. The molecule has 2 aromatic rings. The number of halogens is 3. The normalized spacial score (nSPS) is 10.5. The zero-order valence-electron chi connectivity index (χ0n) is 11.3. The van der Waals surface area contributed by atoms with Gasteiger partial charge in [-0.15, -0.1) is 0 Å². The van der Waals surface area contributed by atoms with E-state index in [-0.39, 0.29) is 10.6 Å². The molecule has 0 saturated heterocycles. The second-order valence-electron chi connectivity index (χ2n) is 4.61. The van der Waals surface area contributed by atoms with Crippen molar-refractivity contribution in [3.8, 4) is 11.5 Å². The number of thiocarbonyl (C=S) groups is 1. The molecule has 0 amide bonds. The monoisotopic (exact) mass is 327 g/mol. The van der Waals surface area contributed by atoms with E-state index < -0.39 is 17.4 Å². The topological polar surface area (TPSA) is 35.2 Å². The van der Waals surface area contributed by atoms with E-state index in [2.05, 4.69) is 0 Å². The van der Waals surface area contributed by atoms with Gasteiger partial charge < -0.3 is 10.5 Å². The van der Waals surface area contributed by atoms with Gasteiger partial charge in [0.2, 0.25) is 0 Å². The van der Waals surface area contributed by atoms with Crippen molar-refractivity contribution < 1.29 is 13.5 Å². The van der Waals surface area contributed by atoms with Crippen molar-refractivity contribution in [2.24, 2.45) is 5.73 Å².